The number of rotatable bonds is 8. The molecule has 3 N–H and O–H groups in total. The summed E-state index contributed by atoms with van der Waals surface area (Å²) in [5.74, 6) is -4.03. The summed E-state index contributed by atoms with van der Waals surface area (Å²) < 4.78 is 42.2. The number of alkyl halides is 3. The topological polar surface area (TPSA) is 142 Å². The first-order chi connectivity index (χ1) is 22.9. The highest BCUT2D eigenvalue weighted by Gasteiger charge is 2.44. The van der Waals surface area contributed by atoms with Gasteiger partial charge in [0.1, 0.15) is 6.04 Å². The summed E-state index contributed by atoms with van der Waals surface area (Å²) >= 11 is 0. The molecule has 13 heteroatoms. The van der Waals surface area contributed by atoms with Crippen LogP contribution in [0.3, 0.4) is 0 Å². The number of hydrogen-bond donors (Lipinski definition) is 3. The van der Waals surface area contributed by atoms with Gasteiger partial charge in [-0.15, -0.1) is 0 Å². The maximum atomic E-state index is 14.1. The van der Waals surface area contributed by atoms with Crippen molar-refractivity contribution in [3.05, 3.63) is 118 Å². The fourth-order valence-electron chi connectivity index (χ4n) is 5.92. The van der Waals surface area contributed by atoms with Crippen molar-refractivity contribution in [1.29, 1.82) is 0 Å². The molecule has 0 saturated carbocycles. The summed E-state index contributed by atoms with van der Waals surface area (Å²) in [6, 6.07) is 19.2. The average Bonchev–Trinajstić information content (AvgIpc) is 3.31. The van der Waals surface area contributed by atoms with E-state index in [2.05, 4.69) is 16.0 Å². The molecule has 4 aromatic rings. The molecule has 1 fully saturated rings. The first kappa shape index (κ1) is 32.1. The van der Waals surface area contributed by atoms with Crippen molar-refractivity contribution in [2.45, 2.75) is 44.6 Å². The van der Waals surface area contributed by atoms with Gasteiger partial charge in [0.2, 0.25) is 17.7 Å². The van der Waals surface area contributed by atoms with Gasteiger partial charge in [0.15, 0.2) is 0 Å². The van der Waals surface area contributed by atoms with Crippen LogP contribution in [-0.2, 0) is 40.1 Å². The van der Waals surface area contributed by atoms with Crippen LogP contribution in [-0.4, -0.2) is 46.4 Å². The van der Waals surface area contributed by atoms with Crippen LogP contribution in [0.15, 0.2) is 78.9 Å². The molecule has 6 amide bonds. The standard InChI is InChI=1S/C35H27F3N4O6/c36-35(37,38)27-14-19(17-39-30(44)16-21-6-3-5-20-4-1-2-7-24(20)21)8-9-23(27)18-40-31(45)22-10-11-25-26(15-22)34(48)42(33(25)47)28-12-13-29(43)41-32(28)46/h1-11,14-15,28H,12-13,16-18H2,(H,39,44)(H,40,45)(H,41,43,46). The zero-order valence-corrected chi connectivity index (χ0v) is 25.1. The number of carbonyl (C=O) groups excluding carboxylic acids is 6. The lowest BCUT2D eigenvalue weighted by molar-refractivity contribution is -0.138. The van der Waals surface area contributed by atoms with Crippen LogP contribution in [0.2, 0.25) is 0 Å². The molecule has 1 atom stereocenters. The molecular weight excluding hydrogens is 629 g/mol. The predicted octanol–water partition coefficient (Wildman–Crippen LogP) is 4.05. The van der Waals surface area contributed by atoms with Crippen molar-refractivity contribution in [2.75, 3.05) is 0 Å². The molecule has 2 aliphatic rings. The van der Waals surface area contributed by atoms with Gasteiger partial charge in [0, 0.05) is 25.1 Å². The molecule has 2 aliphatic heterocycles. The molecular formula is C35H27F3N4O6. The molecule has 0 spiro atoms. The molecule has 10 nitrogen and oxygen atoms in total. The zero-order valence-electron chi connectivity index (χ0n) is 25.1. The second kappa shape index (κ2) is 12.7. The summed E-state index contributed by atoms with van der Waals surface area (Å²) in [6.45, 7) is -0.648. The molecule has 4 aromatic carbocycles. The van der Waals surface area contributed by atoms with Crippen LogP contribution in [0.5, 0.6) is 0 Å². The van der Waals surface area contributed by atoms with E-state index in [1.165, 1.54) is 24.3 Å². The average molecular weight is 657 g/mol. The molecule has 1 saturated heterocycles. The Morgan fingerprint density at radius 2 is 1.56 bits per heavy atom. The van der Waals surface area contributed by atoms with E-state index in [-0.39, 0.29) is 59.5 Å². The van der Waals surface area contributed by atoms with Gasteiger partial charge in [0.25, 0.3) is 17.7 Å². The summed E-state index contributed by atoms with van der Waals surface area (Å²) in [5.41, 5.74) is -0.472. The first-order valence-corrected chi connectivity index (χ1v) is 15.0. The van der Waals surface area contributed by atoms with Gasteiger partial charge in [-0.3, -0.25) is 39.0 Å². The highest BCUT2D eigenvalue weighted by Crippen LogP contribution is 2.33. The number of piperidine rings is 1. The zero-order chi connectivity index (χ0) is 34.2. The normalized spacial score (nSPS) is 16.1. The third-order valence-electron chi connectivity index (χ3n) is 8.34. The van der Waals surface area contributed by atoms with Crippen LogP contribution < -0.4 is 16.0 Å². The molecule has 2 heterocycles. The van der Waals surface area contributed by atoms with Crippen molar-refractivity contribution in [3.8, 4) is 0 Å². The second-order valence-electron chi connectivity index (χ2n) is 11.5. The molecule has 1 unspecified atom stereocenters. The fourth-order valence-corrected chi connectivity index (χ4v) is 5.92. The lowest BCUT2D eigenvalue weighted by atomic mass is 10.0. The van der Waals surface area contributed by atoms with Gasteiger partial charge >= 0.3 is 6.18 Å². The second-order valence-corrected chi connectivity index (χ2v) is 11.5. The van der Waals surface area contributed by atoms with Crippen LogP contribution in [0.1, 0.15) is 66.2 Å². The van der Waals surface area contributed by atoms with E-state index in [4.69, 9.17) is 0 Å². The molecule has 0 aromatic heterocycles. The number of carbonyl (C=O) groups is 6. The maximum Gasteiger partial charge on any atom is 0.416 e. The number of benzene rings is 4. The molecule has 0 aliphatic carbocycles. The third-order valence-corrected chi connectivity index (χ3v) is 8.34. The highest BCUT2D eigenvalue weighted by molar-refractivity contribution is 6.24. The Hall–Kier alpha value is -5.85. The number of imide groups is 2. The summed E-state index contributed by atoms with van der Waals surface area (Å²) in [5, 5.41) is 9.07. The van der Waals surface area contributed by atoms with Crippen molar-refractivity contribution in [1.82, 2.24) is 20.9 Å². The van der Waals surface area contributed by atoms with E-state index >= 15 is 0 Å². The Balaban J connectivity index is 1.11. The SMILES string of the molecule is O=C(Cc1cccc2ccccc12)NCc1ccc(CNC(=O)c2ccc3c(c2)C(=O)N(C2CCC(=O)NC2=O)C3=O)c(C(F)(F)F)c1. The molecule has 0 bridgehead atoms. The number of fused-ring (bicyclic) bond motifs is 2. The maximum absolute atomic E-state index is 14.1. The summed E-state index contributed by atoms with van der Waals surface area (Å²) in [4.78, 5) is 76.1. The van der Waals surface area contributed by atoms with Crippen molar-refractivity contribution in [3.63, 3.8) is 0 Å². The number of amides is 6. The monoisotopic (exact) mass is 656 g/mol. The Labute approximate surface area is 271 Å². The van der Waals surface area contributed by atoms with Gasteiger partial charge < -0.3 is 10.6 Å². The predicted molar refractivity (Wildman–Crippen MR) is 165 cm³/mol. The van der Waals surface area contributed by atoms with Crippen LogP contribution in [0.4, 0.5) is 13.2 Å². The molecule has 0 radical (unpaired) electrons. The number of halogens is 3. The van der Waals surface area contributed by atoms with E-state index < -0.39 is 53.9 Å². The number of hydrogen-bond acceptors (Lipinski definition) is 6. The van der Waals surface area contributed by atoms with E-state index in [0.29, 0.717) is 0 Å². The number of nitrogens with zero attached hydrogens (tertiary/aromatic N) is 1. The Morgan fingerprint density at radius 1 is 0.812 bits per heavy atom. The van der Waals surface area contributed by atoms with E-state index in [1.807, 2.05) is 42.5 Å². The minimum Gasteiger partial charge on any atom is -0.352 e. The lowest BCUT2D eigenvalue weighted by Gasteiger charge is -2.27. The van der Waals surface area contributed by atoms with Crippen molar-refractivity contribution >= 4 is 46.2 Å². The minimum absolute atomic E-state index is 0.0404. The lowest BCUT2D eigenvalue weighted by Crippen LogP contribution is -2.54. The highest BCUT2D eigenvalue weighted by atomic mass is 19.4. The molecule has 244 valence electrons. The number of nitrogens with one attached hydrogen (secondary N) is 3. The Bertz CT molecular complexity index is 2020. The van der Waals surface area contributed by atoms with Gasteiger partial charge in [-0.1, -0.05) is 54.6 Å². The first-order valence-electron chi connectivity index (χ1n) is 15.0. The van der Waals surface area contributed by atoms with Gasteiger partial charge in [-0.2, -0.15) is 13.2 Å². The van der Waals surface area contributed by atoms with E-state index in [9.17, 15) is 41.9 Å². The van der Waals surface area contributed by atoms with Crippen molar-refractivity contribution in [2.24, 2.45) is 0 Å². The van der Waals surface area contributed by atoms with Gasteiger partial charge in [-0.25, -0.2) is 0 Å². The van der Waals surface area contributed by atoms with Crippen LogP contribution in [0.25, 0.3) is 10.8 Å². The molecule has 6 rings (SSSR count). The smallest absolute Gasteiger partial charge is 0.352 e. The summed E-state index contributed by atoms with van der Waals surface area (Å²) in [6.07, 6.45) is -4.81. The Kier molecular flexibility index (Phi) is 8.52. The quantitative estimate of drug-likeness (QED) is 0.245. The molecule has 48 heavy (non-hydrogen) atoms. The minimum atomic E-state index is -4.76. The van der Waals surface area contributed by atoms with Gasteiger partial charge in [-0.05, 0) is 58.1 Å². The summed E-state index contributed by atoms with van der Waals surface area (Å²) in [7, 11) is 0. The largest absolute Gasteiger partial charge is 0.416 e. The van der Waals surface area contributed by atoms with E-state index in [0.717, 1.165) is 33.4 Å². The Morgan fingerprint density at radius 3 is 2.33 bits per heavy atom. The third kappa shape index (κ3) is 6.39. The van der Waals surface area contributed by atoms with E-state index in [1.54, 1.807) is 0 Å². The van der Waals surface area contributed by atoms with Gasteiger partial charge in [0.05, 0.1) is 23.1 Å². The fraction of sp³-hybridized carbons (Fsp3) is 0.200. The van der Waals surface area contributed by atoms with Crippen LogP contribution in [0, 0.1) is 0 Å². The van der Waals surface area contributed by atoms with Crippen molar-refractivity contribution < 1.29 is 41.9 Å². The van der Waals surface area contributed by atoms with Crippen LogP contribution >= 0.6 is 0 Å².